The number of hydrogen-bond acceptors (Lipinski definition) is 17. The smallest absolute Gasteiger partial charge is 0.416 e. The Morgan fingerprint density at radius 2 is 1.41 bits per heavy atom. The first kappa shape index (κ1) is 65.5. The lowest BCUT2D eigenvalue weighted by molar-refractivity contribution is -0.138. The van der Waals surface area contributed by atoms with Crippen molar-refractivity contribution in [1.29, 1.82) is 0 Å². The molecule has 0 bridgehead atoms. The van der Waals surface area contributed by atoms with Crippen LogP contribution in [-0.2, 0) is 41.7 Å². The van der Waals surface area contributed by atoms with Gasteiger partial charge in [0.1, 0.15) is 12.6 Å². The highest BCUT2D eigenvalue weighted by molar-refractivity contribution is 7.81. The van der Waals surface area contributed by atoms with Crippen LogP contribution >= 0.6 is 12.6 Å². The molecular formula is C63H79N9O15S. The summed E-state index contributed by atoms with van der Waals surface area (Å²) >= 11 is 4.15. The molecule has 24 nitrogen and oxygen atoms in total. The number of amides is 9. The number of benzene rings is 3. The van der Waals surface area contributed by atoms with Crippen LogP contribution in [0.3, 0.4) is 0 Å². The van der Waals surface area contributed by atoms with E-state index in [0.29, 0.717) is 97.5 Å². The van der Waals surface area contributed by atoms with Gasteiger partial charge in [0.15, 0.2) is 35.0 Å². The van der Waals surface area contributed by atoms with Crippen LogP contribution in [0.1, 0.15) is 123 Å². The molecule has 6 N–H and O–H groups in total. The average Bonchev–Trinajstić information content (AvgIpc) is 2.06. The van der Waals surface area contributed by atoms with Crippen molar-refractivity contribution in [3.63, 3.8) is 0 Å². The van der Waals surface area contributed by atoms with E-state index in [1.54, 1.807) is 61.4 Å². The van der Waals surface area contributed by atoms with Crippen LogP contribution in [0.4, 0.5) is 21.0 Å². The minimum Gasteiger partial charge on any atom is -0.493 e. The van der Waals surface area contributed by atoms with Gasteiger partial charge < -0.3 is 60.3 Å². The zero-order valence-electron chi connectivity index (χ0n) is 50.2. The summed E-state index contributed by atoms with van der Waals surface area (Å²) in [6.45, 7) is 12.9. The van der Waals surface area contributed by atoms with Crippen molar-refractivity contribution < 1.29 is 71.9 Å². The van der Waals surface area contributed by atoms with Crippen LogP contribution in [0.15, 0.2) is 77.8 Å². The van der Waals surface area contributed by atoms with Gasteiger partial charge in [-0.3, -0.25) is 43.5 Å². The molecule has 8 rings (SSSR count). The largest absolute Gasteiger partial charge is 0.493 e. The van der Waals surface area contributed by atoms with Gasteiger partial charge in [-0.1, -0.05) is 68.8 Å². The molecule has 0 radical (unpaired) electrons. The third kappa shape index (κ3) is 16.0. The number of unbranched alkanes of at least 4 members (excludes halogenated alkanes) is 4. The number of urea groups is 1. The molecule has 9 amide bonds. The number of carbonyl (C=O) groups excluding carboxylic acids is 9. The number of anilines is 1. The highest BCUT2D eigenvalue weighted by atomic mass is 32.1. The van der Waals surface area contributed by atoms with Gasteiger partial charge in [0.05, 0.1) is 73.3 Å². The van der Waals surface area contributed by atoms with Gasteiger partial charge in [0, 0.05) is 63.8 Å². The van der Waals surface area contributed by atoms with Crippen molar-refractivity contribution in [1.82, 2.24) is 30.7 Å². The van der Waals surface area contributed by atoms with Gasteiger partial charge in [-0.15, -0.1) is 0 Å². The fourth-order valence-electron chi connectivity index (χ4n) is 11.3. The maximum Gasteiger partial charge on any atom is 0.416 e. The Bertz CT molecular complexity index is 3210. The summed E-state index contributed by atoms with van der Waals surface area (Å²) in [5.41, 5.74) is 9.09. The number of ketones is 1. The number of nitrogens with one attached hydrogen (secondary N) is 3. The predicted octanol–water partition coefficient (Wildman–Crippen LogP) is 5.87. The van der Waals surface area contributed by atoms with Crippen LogP contribution in [0.5, 0.6) is 23.0 Å². The van der Waals surface area contributed by atoms with Gasteiger partial charge in [-0.05, 0) is 87.0 Å². The first-order valence-corrected chi connectivity index (χ1v) is 30.3. The first-order valence-electron chi connectivity index (χ1n) is 29.7. The Morgan fingerprint density at radius 1 is 0.773 bits per heavy atom. The molecule has 1 unspecified atom stereocenters. The number of aliphatic hydroxyl groups excluding tert-OH is 1. The number of thiol groups is 1. The first-order chi connectivity index (χ1) is 42.1. The van der Waals surface area contributed by atoms with Crippen molar-refractivity contribution in [3.8, 4) is 23.0 Å². The van der Waals surface area contributed by atoms with Crippen molar-refractivity contribution in [2.45, 2.75) is 140 Å². The summed E-state index contributed by atoms with van der Waals surface area (Å²) in [4.78, 5) is 129. The lowest BCUT2D eigenvalue weighted by Crippen LogP contribution is -2.54. The fourth-order valence-corrected chi connectivity index (χ4v) is 11.6. The highest BCUT2D eigenvalue weighted by Crippen LogP contribution is 2.43. The number of primary amides is 1. The summed E-state index contributed by atoms with van der Waals surface area (Å²) < 4.78 is 29.5. The van der Waals surface area contributed by atoms with E-state index < -0.39 is 53.5 Å². The molecule has 0 aliphatic carbocycles. The normalized spacial score (nSPS) is 19.3. The topological polar surface area (TPSA) is 307 Å². The van der Waals surface area contributed by atoms with Crippen LogP contribution < -0.4 is 45.5 Å². The average molecular weight is 1230 g/mol. The summed E-state index contributed by atoms with van der Waals surface area (Å²) in [6.07, 6.45) is 4.08. The quantitative estimate of drug-likeness (QED) is 0.0205. The van der Waals surface area contributed by atoms with Gasteiger partial charge in [0.2, 0.25) is 23.6 Å². The standard InChI is InChI=1S/C63H79N9O15S/c1-36(2)56(68-54(74)15-9-7-10-21-69-55(75)31-53(88)61(69)80)57(76)67-44(14-13-20-65-62(64)81)48(73)26-39-16-18-40(19-17-39)35-87-63(82)72-46-30-52(50(84-6)28-43(46)59(78)71-34-38(4)25-47(71)60(72)79)86-23-12-8-11-22-85-51-29-45-42(27-49(51)83-5)58(77)70-33-37(3)24-41(70)32-66-45/h16-19,27-30,32,36,41,44,47,53,56,60,79,88H,3-4,7-15,20-26,31,33-35H2,1-2,5-6H3,(H,67,76)(H,68,74)(H3,64,65,81)/t41-,44-,47-,53?,56-,60-/m0/s1. The molecule has 3 aromatic rings. The molecule has 88 heavy (non-hydrogen) atoms. The van der Waals surface area contributed by atoms with E-state index in [2.05, 4.69) is 46.7 Å². The molecule has 6 atom stereocenters. The fraction of sp³-hybridized carbons (Fsp3) is 0.492. The maximum absolute atomic E-state index is 14.3. The summed E-state index contributed by atoms with van der Waals surface area (Å²) in [7, 11) is 2.95. The number of imide groups is 1. The van der Waals surface area contributed by atoms with Gasteiger partial charge in [-0.2, -0.15) is 12.6 Å². The van der Waals surface area contributed by atoms with E-state index in [-0.39, 0.29) is 135 Å². The van der Waals surface area contributed by atoms with Crippen LogP contribution in [-0.4, -0.2) is 169 Å². The number of ether oxygens (including phenoxy) is 5. The Kier molecular flexibility index (Phi) is 22.3. The van der Waals surface area contributed by atoms with E-state index in [1.165, 1.54) is 36.2 Å². The van der Waals surface area contributed by atoms with E-state index in [4.69, 9.17) is 29.4 Å². The number of methoxy groups -OCH3 is 2. The van der Waals surface area contributed by atoms with Gasteiger partial charge in [-0.25, -0.2) is 14.5 Å². The molecule has 5 heterocycles. The van der Waals surface area contributed by atoms with E-state index in [1.807, 2.05) is 0 Å². The monoisotopic (exact) mass is 1230 g/mol. The lowest BCUT2D eigenvalue weighted by Gasteiger charge is -2.31. The molecule has 0 spiro atoms. The number of aliphatic hydroxyl groups is 1. The minimum absolute atomic E-state index is 0.0497. The number of nitrogens with zero attached hydrogens (tertiary/aromatic N) is 5. The molecule has 0 saturated carbocycles. The molecular weight excluding hydrogens is 1150 g/mol. The maximum atomic E-state index is 14.3. The second kappa shape index (κ2) is 30.0. The number of fused-ring (bicyclic) bond motifs is 4. The van der Waals surface area contributed by atoms with Crippen LogP contribution in [0.25, 0.3) is 0 Å². The highest BCUT2D eigenvalue weighted by Gasteiger charge is 2.47. The number of Topliss-reactive ketones (excluding diaryl/α,β-unsaturated/α-hetero) is 1. The molecule has 472 valence electrons. The number of likely N-dealkylation sites (tertiary alicyclic amines) is 1. The Labute approximate surface area is 516 Å². The number of hydrogen-bond donors (Lipinski definition) is 6. The third-order valence-corrected chi connectivity index (χ3v) is 16.5. The molecule has 3 fully saturated rings. The molecule has 25 heteroatoms. The summed E-state index contributed by atoms with van der Waals surface area (Å²) in [5, 5.41) is 19.4. The second-order valence-electron chi connectivity index (χ2n) is 23.0. The Morgan fingerprint density at radius 3 is 2.07 bits per heavy atom. The Balaban J connectivity index is 0.861. The minimum atomic E-state index is -1.55. The number of rotatable bonds is 29. The van der Waals surface area contributed by atoms with E-state index >= 15 is 0 Å². The molecule has 3 saturated heterocycles. The molecule has 5 aliphatic rings. The molecule has 0 aromatic heterocycles. The lowest BCUT2D eigenvalue weighted by atomic mass is 9.97. The van der Waals surface area contributed by atoms with Crippen molar-refractivity contribution in [2.24, 2.45) is 16.6 Å². The number of aliphatic imine (C=N–C) groups is 1. The summed E-state index contributed by atoms with van der Waals surface area (Å²) in [5.74, 6) is -1.49. The Hall–Kier alpha value is -8.45. The van der Waals surface area contributed by atoms with E-state index in [9.17, 15) is 48.3 Å². The third-order valence-electron chi connectivity index (χ3n) is 16.1. The zero-order chi connectivity index (χ0) is 63.3. The van der Waals surface area contributed by atoms with Crippen molar-refractivity contribution >= 4 is 83.6 Å². The molecule has 3 aromatic carbocycles. The zero-order valence-corrected chi connectivity index (χ0v) is 51.1. The van der Waals surface area contributed by atoms with Crippen molar-refractivity contribution in [2.75, 3.05) is 58.5 Å². The van der Waals surface area contributed by atoms with Crippen molar-refractivity contribution in [3.05, 3.63) is 95.1 Å². The van der Waals surface area contributed by atoms with Gasteiger partial charge >= 0.3 is 12.1 Å². The summed E-state index contributed by atoms with van der Waals surface area (Å²) in [6, 6.07) is 9.31. The molecule has 5 aliphatic heterocycles. The van der Waals surface area contributed by atoms with Gasteiger partial charge in [0.25, 0.3) is 11.8 Å². The van der Waals surface area contributed by atoms with Crippen LogP contribution in [0.2, 0.25) is 0 Å². The van der Waals surface area contributed by atoms with Crippen LogP contribution in [0, 0.1) is 5.92 Å². The second-order valence-corrected chi connectivity index (χ2v) is 23.6. The van der Waals surface area contributed by atoms with E-state index in [0.717, 1.165) is 10.5 Å². The SMILES string of the molecule is C=C1C[C@H]2C=Nc3cc(OCCCCCOc4cc5c(cc4OC)C(=O)N4CC(=C)C[C@H]4[C@H](O)N5C(=O)OCc4ccc(CC(=O)[C@H](CCCNC(N)=O)NC(=O)[C@@H](NC(=O)CCCCCN5C(=O)CC(S)C5=O)C(C)C)cc4)c(OC)cc3C(=O)N2C1. The number of nitrogens with two attached hydrogens (primary N) is 1. The predicted molar refractivity (Wildman–Crippen MR) is 328 cm³/mol. The number of carbonyl (C=O) groups is 9.